The first kappa shape index (κ1) is 32.6. The van der Waals surface area contributed by atoms with E-state index in [0.717, 1.165) is 22.3 Å². The second kappa shape index (κ2) is 13.2. The topological polar surface area (TPSA) is 139 Å². The first-order valence-corrected chi connectivity index (χ1v) is 16.7. The summed E-state index contributed by atoms with van der Waals surface area (Å²) in [5.41, 5.74) is 4.36. The molecule has 0 amide bonds. The Morgan fingerprint density at radius 3 is 2.69 bits per heavy atom. The van der Waals surface area contributed by atoms with Gasteiger partial charge in [-0.2, -0.15) is 5.26 Å². The number of benzene rings is 2. The number of carbonyl (C=O) groups is 1. The van der Waals surface area contributed by atoms with Crippen molar-refractivity contribution in [3.8, 4) is 6.07 Å². The number of hydrogen-bond donors (Lipinski definition) is 3. The van der Waals surface area contributed by atoms with Crippen molar-refractivity contribution in [2.75, 3.05) is 31.5 Å². The normalized spacial score (nSPS) is 24.3. The second-order valence-corrected chi connectivity index (χ2v) is 13.5. The second-order valence-electron chi connectivity index (χ2n) is 13.5. The minimum absolute atomic E-state index is 0.0465. The van der Waals surface area contributed by atoms with Gasteiger partial charge in [-0.05, 0) is 72.8 Å². The quantitative estimate of drug-likeness (QED) is 0.207. The number of aliphatic carboxylic acids is 1. The molecule has 4 aromatic rings. The van der Waals surface area contributed by atoms with Crippen LogP contribution in [0.2, 0.25) is 0 Å². The van der Waals surface area contributed by atoms with Crippen LogP contribution in [0.4, 0.5) is 10.2 Å². The number of aliphatic hydroxyl groups excluding tert-OH is 1. The van der Waals surface area contributed by atoms with Crippen LogP contribution in [0.1, 0.15) is 53.5 Å². The van der Waals surface area contributed by atoms with E-state index < -0.39 is 29.3 Å². The van der Waals surface area contributed by atoms with Gasteiger partial charge in [0.05, 0.1) is 17.6 Å². The molecule has 2 unspecified atom stereocenters. The number of likely N-dealkylation sites (tertiary alicyclic amines) is 2. The Morgan fingerprint density at radius 1 is 1.16 bits per heavy atom. The summed E-state index contributed by atoms with van der Waals surface area (Å²) >= 11 is 0. The van der Waals surface area contributed by atoms with Gasteiger partial charge in [0.15, 0.2) is 17.2 Å². The van der Waals surface area contributed by atoms with E-state index in [2.05, 4.69) is 40.3 Å². The van der Waals surface area contributed by atoms with Crippen LogP contribution in [-0.4, -0.2) is 68.2 Å². The molecule has 1 aliphatic carbocycles. The Kier molecular flexibility index (Phi) is 8.79. The number of β-amino-alcohol motifs (C(OH)–C–C–N with tert-alkyl or cyclic N) is 1. The van der Waals surface area contributed by atoms with Gasteiger partial charge < -0.3 is 19.9 Å². The van der Waals surface area contributed by atoms with Crippen LogP contribution in [0.25, 0.3) is 16.7 Å². The van der Waals surface area contributed by atoms with Crippen LogP contribution in [-0.2, 0) is 23.4 Å². The zero-order valence-electron chi connectivity index (χ0n) is 27.6. The van der Waals surface area contributed by atoms with Gasteiger partial charge >= 0.3 is 5.97 Å². The SMILES string of the molecule is Cc1ccccc1C1=CC=CC(Nc2nccc(CN3CC[C@@H](O)C3)c2F)(c2nc3cc(CN4CC[C@@H](C(=O)O)C4)cc(C#N)c3o2)C1C. The number of halogens is 1. The Morgan fingerprint density at radius 2 is 1.96 bits per heavy atom. The molecule has 2 fully saturated rings. The van der Waals surface area contributed by atoms with Crippen LogP contribution in [0, 0.1) is 35.9 Å². The third-order valence-electron chi connectivity index (χ3n) is 10.2. The van der Waals surface area contributed by atoms with Crippen molar-refractivity contribution in [2.24, 2.45) is 11.8 Å². The van der Waals surface area contributed by atoms with Crippen LogP contribution in [0.5, 0.6) is 0 Å². The monoisotopic (exact) mass is 662 g/mol. The van der Waals surface area contributed by atoms with E-state index in [1.165, 1.54) is 0 Å². The van der Waals surface area contributed by atoms with Gasteiger partial charge in [0, 0.05) is 50.4 Å². The standard InChI is InChI=1S/C38H39FN6O4/c1-23-6-3-4-7-30(23)31-8-5-12-38(24(31)2,43-35-33(39)26(9-13-41-35)20-45-15-11-29(46)22-45)37-42-32-17-25(16-28(18-40)34(32)49-37)19-44-14-10-27(21-44)36(47)48/h3-9,12-13,16-17,24,27,29,46H,10-11,14-15,19-22H2,1-2H3,(H,41,43)(H,47,48)/t24?,27-,29-,38?/m1/s1. The number of carboxylic acid groups (broad SMARTS) is 1. The van der Waals surface area contributed by atoms with E-state index in [1.807, 2.05) is 48.3 Å². The fourth-order valence-corrected chi connectivity index (χ4v) is 7.48. The molecule has 2 saturated heterocycles. The summed E-state index contributed by atoms with van der Waals surface area (Å²) in [6, 6.07) is 15.7. The molecule has 0 radical (unpaired) electrons. The Hall–Kier alpha value is -4.89. The number of hydrogen-bond acceptors (Lipinski definition) is 9. The summed E-state index contributed by atoms with van der Waals surface area (Å²) in [6.45, 7) is 7.18. The molecule has 0 bridgehead atoms. The molecule has 2 aliphatic heterocycles. The van der Waals surface area contributed by atoms with E-state index in [-0.39, 0.29) is 17.6 Å². The van der Waals surface area contributed by atoms with Crippen molar-refractivity contribution in [3.05, 3.63) is 106 Å². The summed E-state index contributed by atoms with van der Waals surface area (Å²) < 4.78 is 22.8. The molecule has 4 atom stereocenters. The number of nitrogens with one attached hydrogen (secondary N) is 1. The predicted molar refractivity (Wildman–Crippen MR) is 183 cm³/mol. The van der Waals surface area contributed by atoms with Crippen LogP contribution < -0.4 is 5.32 Å². The highest BCUT2D eigenvalue weighted by atomic mass is 19.1. The van der Waals surface area contributed by atoms with Gasteiger partial charge in [-0.15, -0.1) is 0 Å². The highest BCUT2D eigenvalue weighted by Gasteiger charge is 2.45. The number of fused-ring (bicyclic) bond motifs is 1. The molecular formula is C38H39FN6O4. The fourth-order valence-electron chi connectivity index (χ4n) is 7.48. The lowest BCUT2D eigenvalue weighted by molar-refractivity contribution is -0.141. The molecule has 10 nitrogen and oxygen atoms in total. The zero-order chi connectivity index (χ0) is 34.3. The molecule has 7 rings (SSSR count). The van der Waals surface area contributed by atoms with E-state index in [1.54, 1.807) is 18.3 Å². The van der Waals surface area contributed by atoms with Gasteiger partial charge in [0.2, 0.25) is 5.89 Å². The smallest absolute Gasteiger partial charge is 0.307 e. The van der Waals surface area contributed by atoms with Crippen molar-refractivity contribution in [1.82, 2.24) is 19.8 Å². The van der Waals surface area contributed by atoms with E-state index >= 15 is 4.39 Å². The Balaban J connectivity index is 1.30. The minimum atomic E-state index is -1.20. The number of nitrogens with zero attached hydrogens (tertiary/aromatic N) is 5. The maximum absolute atomic E-state index is 16.3. The molecule has 252 valence electrons. The molecule has 3 aliphatic rings. The van der Waals surface area contributed by atoms with Crippen LogP contribution >= 0.6 is 0 Å². The third-order valence-corrected chi connectivity index (χ3v) is 10.2. The maximum atomic E-state index is 16.3. The average Bonchev–Trinajstić information content (AvgIpc) is 3.84. The number of aryl methyl sites for hydroxylation is 1. The third kappa shape index (κ3) is 6.23. The number of allylic oxidation sites excluding steroid dienone is 2. The van der Waals surface area contributed by atoms with Gasteiger partial charge in [-0.25, -0.2) is 14.4 Å². The Labute approximate surface area is 284 Å². The van der Waals surface area contributed by atoms with Gasteiger partial charge in [-0.1, -0.05) is 43.3 Å². The van der Waals surface area contributed by atoms with Gasteiger partial charge in [0.25, 0.3) is 0 Å². The summed E-state index contributed by atoms with van der Waals surface area (Å²) in [4.78, 5) is 25.0. The molecule has 49 heavy (non-hydrogen) atoms. The van der Waals surface area contributed by atoms with Crippen molar-refractivity contribution < 1.29 is 23.8 Å². The number of oxazole rings is 1. The van der Waals surface area contributed by atoms with Crippen molar-refractivity contribution in [1.29, 1.82) is 5.26 Å². The number of anilines is 1. The van der Waals surface area contributed by atoms with E-state index in [0.29, 0.717) is 74.3 Å². The summed E-state index contributed by atoms with van der Waals surface area (Å²) in [6.07, 6.45) is 8.28. The molecule has 2 aromatic heterocycles. The molecule has 0 spiro atoms. The van der Waals surface area contributed by atoms with Crippen LogP contribution in [0.15, 0.2) is 71.3 Å². The highest BCUT2D eigenvalue weighted by Crippen LogP contribution is 2.46. The average molecular weight is 663 g/mol. The van der Waals surface area contributed by atoms with E-state index in [4.69, 9.17) is 9.40 Å². The summed E-state index contributed by atoms with van der Waals surface area (Å²) in [7, 11) is 0. The molecule has 3 N–H and O–H groups in total. The number of carboxylic acids is 1. The van der Waals surface area contributed by atoms with Crippen molar-refractivity contribution in [3.63, 3.8) is 0 Å². The highest BCUT2D eigenvalue weighted by molar-refractivity contribution is 5.81. The summed E-state index contributed by atoms with van der Waals surface area (Å²) in [5.74, 6) is -1.71. The molecule has 2 aromatic carbocycles. The Bertz CT molecular complexity index is 2020. The first-order valence-electron chi connectivity index (χ1n) is 16.7. The zero-order valence-corrected chi connectivity index (χ0v) is 27.6. The van der Waals surface area contributed by atoms with Crippen molar-refractivity contribution in [2.45, 2.75) is 51.4 Å². The lowest BCUT2D eigenvalue weighted by Gasteiger charge is -2.39. The number of rotatable bonds is 9. The first-order chi connectivity index (χ1) is 23.6. The van der Waals surface area contributed by atoms with Crippen molar-refractivity contribution >= 4 is 28.5 Å². The molecular weight excluding hydrogens is 623 g/mol. The lowest BCUT2D eigenvalue weighted by Crippen LogP contribution is -2.42. The fraction of sp³-hybridized carbons (Fsp3) is 0.368. The maximum Gasteiger partial charge on any atom is 0.307 e. The lowest BCUT2D eigenvalue weighted by atomic mass is 9.73. The van der Waals surface area contributed by atoms with Crippen LogP contribution in [0.3, 0.4) is 0 Å². The van der Waals surface area contributed by atoms with Gasteiger partial charge in [0.1, 0.15) is 17.1 Å². The number of nitriles is 1. The predicted octanol–water partition coefficient (Wildman–Crippen LogP) is 5.61. The number of aliphatic hydroxyl groups is 1. The molecule has 0 saturated carbocycles. The summed E-state index contributed by atoms with van der Waals surface area (Å²) in [5, 5.41) is 33.1. The number of aromatic nitrogens is 2. The largest absolute Gasteiger partial charge is 0.481 e. The van der Waals surface area contributed by atoms with E-state index in [9.17, 15) is 20.3 Å². The number of pyridine rings is 1. The molecule has 4 heterocycles. The minimum Gasteiger partial charge on any atom is -0.481 e. The molecule has 11 heteroatoms. The van der Waals surface area contributed by atoms with Gasteiger partial charge in [-0.3, -0.25) is 14.6 Å².